The van der Waals surface area contributed by atoms with Crippen molar-refractivity contribution < 1.29 is 9.90 Å². The highest BCUT2D eigenvalue weighted by atomic mass is 32.1. The second-order valence-corrected chi connectivity index (χ2v) is 9.23. The fraction of sp³-hybridized carbons (Fsp3) is 0.320. The number of carbonyl (C=O) groups is 1. The first-order valence-electron chi connectivity index (χ1n) is 11.0. The Hall–Kier alpha value is -3.03. The van der Waals surface area contributed by atoms with Gasteiger partial charge < -0.3 is 15.0 Å². The normalized spacial score (nSPS) is 18.7. The van der Waals surface area contributed by atoms with E-state index in [-0.39, 0.29) is 11.9 Å². The number of pyridine rings is 1. The summed E-state index contributed by atoms with van der Waals surface area (Å²) in [6.45, 7) is 0. The van der Waals surface area contributed by atoms with Gasteiger partial charge in [-0.2, -0.15) is 0 Å². The van der Waals surface area contributed by atoms with E-state index in [0.29, 0.717) is 12.1 Å². The summed E-state index contributed by atoms with van der Waals surface area (Å²) in [6.07, 6.45) is 5.75. The van der Waals surface area contributed by atoms with Gasteiger partial charge in [0.1, 0.15) is 11.3 Å². The Morgan fingerprint density at radius 2 is 2.03 bits per heavy atom. The summed E-state index contributed by atoms with van der Waals surface area (Å²) in [5, 5.41) is 16.3. The van der Waals surface area contributed by atoms with Crippen LogP contribution in [0.15, 0.2) is 53.5 Å². The van der Waals surface area contributed by atoms with Crippen molar-refractivity contribution in [2.24, 2.45) is 7.05 Å². The van der Waals surface area contributed by atoms with Gasteiger partial charge in [-0.3, -0.25) is 4.79 Å². The number of nitrogens with one attached hydrogen (secondary N) is 1. The van der Waals surface area contributed by atoms with Crippen LogP contribution in [0.1, 0.15) is 47.3 Å². The number of carbonyl (C=O) groups excluding carboxylic acids is 1. The lowest BCUT2D eigenvalue weighted by molar-refractivity contribution is 0.0714. The van der Waals surface area contributed by atoms with E-state index >= 15 is 0 Å². The van der Waals surface area contributed by atoms with Crippen molar-refractivity contribution in [2.45, 2.75) is 44.2 Å². The van der Waals surface area contributed by atoms with Gasteiger partial charge in [-0.15, -0.1) is 11.3 Å². The minimum absolute atomic E-state index is 0.205. The minimum atomic E-state index is -0.484. The van der Waals surface area contributed by atoms with E-state index in [1.54, 1.807) is 11.3 Å². The van der Waals surface area contributed by atoms with Crippen LogP contribution < -0.4 is 5.32 Å². The van der Waals surface area contributed by atoms with Crippen molar-refractivity contribution in [1.82, 2.24) is 19.9 Å². The molecule has 6 nitrogen and oxygen atoms in total. The third kappa shape index (κ3) is 4.18. The van der Waals surface area contributed by atoms with Crippen LogP contribution in [0, 0.1) is 0 Å². The molecule has 0 bridgehead atoms. The predicted molar refractivity (Wildman–Crippen MR) is 127 cm³/mol. The minimum Gasteiger partial charge on any atom is -0.391 e. The van der Waals surface area contributed by atoms with Gasteiger partial charge in [0.05, 0.1) is 23.4 Å². The number of hydrogen-bond donors (Lipinski definition) is 2. The van der Waals surface area contributed by atoms with Gasteiger partial charge >= 0.3 is 0 Å². The molecule has 0 saturated heterocycles. The monoisotopic (exact) mass is 446 g/mol. The molecule has 32 heavy (non-hydrogen) atoms. The lowest BCUT2D eigenvalue weighted by Gasteiger charge is -2.28. The maximum Gasteiger partial charge on any atom is 0.270 e. The number of thiazole rings is 1. The van der Waals surface area contributed by atoms with Crippen molar-refractivity contribution in [3.63, 3.8) is 0 Å². The summed E-state index contributed by atoms with van der Waals surface area (Å²) in [4.78, 5) is 22.0. The van der Waals surface area contributed by atoms with Crippen LogP contribution in [0.3, 0.4) is 0 Å². The molecule has 1 aliphatic carbocycles. The van der Waals surface area contributed by atoms with E-state index in [1.165, 1.54) is 0 Å². The predicted octanol–water partition coefficient (Wildman–Crippen LogP) is 4.32. The summed E-state index contributed by atoms with van der Waals surface area (Å²) in [6, 6.07) is 12.1. The number of rotatable bonds is 5. The molecule has 2 N–H and O–H groups in total. The fourth-order valence-electron chi connectivity index (χ4n) is 4.45. The Balaban J connectivity index is 1.43. The Bertz CT molecular complexity index is 1230. The standard InChI is InChI=1S/C25H26N4O2S/c1-29-11-10-19-18(12-16-6-8-17(9-7-16)22-14-32-15-26-22)13-21(27-24(19)29)25(31)28-20-4-2-3-5-23(20)30/h6-11,13-15,20,23,30H,2-5,12H2,1H3,(H,28,31)/t20-,23-/m0/s1. The van der Waals surface area contributed by atoms with Crippen molar-refractivity contribution in [3.05, 3.63) is 70.3 Å². The van der Waals surface area contributed by atoms with E-state index in [9.17, 15) is 9.90 Å². The zero-order chi connectivity index (χ0) is 22.1. The first kappa shape index (κ1) is 20.8. The largest absolute Gasteiger partial charge is 0.391 e. The Labute approximate surface area is 191 Å². The number of aliphatic hydroxyl groups is 1. The number of aryl methyl sites for hydroxylation is 1. The molecule has 1 amide bonds. The van der Waals surface area contributed by atoms with E-state index < -0.39 is 6.10 Å². The summed E-state index contributed by atoms with van der Waals surface area (Å²) in [5.41, 5.74) is 7.33. The lowest BCUT2D eigenvalue weighted by atomic mass is 9.92. The number of nitrogens with zero attached hydrogens (tertiary/aromatic N) is 3. The molecule has 0 aliphatic heterocycles. The van der Waals surface area contributed by atoms with E-state index in [2.05, 4.69) is 39.6 Å². The zero-order valence-electron chi connectivity index (χ0n) is 18.0. The number of hydrogen-bond acceptors (Lipinski definition) is 5. The molecule has 1 saturated carbocycles. The Kier molecular flexibility index (Phi) is 5.76. The van der Waals surface area contributed by atoms with Gasteiger partial charge in [0.2, 0.25) is 0 Å². The molecule has 3 heterocycles. The summed E-state index contributed by atoms with van der Waals surface area (Å²) in [7, 11) is 1.94. The molecule has 5 rings (SSSR count). The molecule has 164 valence electrons. The van der Waals surface area contributed by atoms with Crippen molar-refractivity contribution in [3.8, 4) is 11.3 Å². The quantitative estimate of drug-likeness (QED) is 0.478. The van der Waals surface area contributed by atoms with Crippen LogP contribution in [0.25, 0.3) is 22.3 Å². The Morgan fingerprint density at radius 1 is 1.22 bits per heavy atom. The maximum atomic E-state index is 13.0. The van der Waals surface area contributed by atoms with Crippen LogP contribution in [0.4, 0.5) is 0 Å². The zero-order valence-corrected chi connectivity index (χ0v) is 18.8. The second-order valence-electron chi connectivity index (χ2n) is 8.51. The smallest absolute Gasteiger partial charge is 0.270 e. The third-order valence-electron chi connectivity index (χ3n) is 6.28. The lowest BCUT2D eigenvalue weighted by Crippen LogP contribution is -2.45. The van der Waals surface area contributed by atoms with Gasteiger partial charge in [0, 0.05) is 29.6 Å². The molecule has 4 aromatic rings. The number of aliphatic hydroxyl groups excluding tert-OH is 1. The fourth-order valence-corrected chi connectivity index (χ4v) is 5.01. The first-order chi connectivity index (χ1) is 15.6. The van der Waals surface area contributed by atoms with E-state index in [0.717, 1.165) is 59.1 Å². The van der Waals surface area contributed by atoms with Gasteiger partial charge in [0.15, 0.2) is 0 Å². The van der Waals surface area contributed by atoms with Gasteiger partial charge in [-0.05, 0) is 42.5 Å². The SMILES string of the molecule is Cn1ccc2c(Cc3ccc(-c4cscn4)cc3)cc(C(=O)N[C@H]3CCCC[C@@H]3O)nc21. The van der Waals surface area contributed by atoms with Crippen LogP contribution in [0.5, 0.6) is 0 Å². The summed E-state index contributed by atoms with van der Waals surface area (Å²) in [5.74, 6) is -0.223. The Morgan fingerprint density at radius 3 is 2.78 bits per heavy atom. The second kappa shape index (κ2) is 8.84. The number of benzene rings is 1. The highest BCUT2D eigenvalue weighted by Crippen LogP contribution is 2.25. The van der Waals surface area contributed by atoms with Crippen LogP contribution in [-0.2, 0) is 13.5 Å². The topological polar surface area (TPSA) is 80.0 Å². The van der Waals surface area contributed by atoms with Gasteiger partial charge in [-0.1, -0.05) is 37.1 Å². The molecule has 2 atom stereocenters. The van der Waals surface area contributed by atoms with Gasteiger partial charge in [0.25, 0.3) is 5.91 Å². The molecule has 0 radical (unpaired) electrons. The number of amides is 1. The molecule has 1 aromatic carbocycles. The van der Waals surface area contributed by atoms with Gasteiger partial charge in [-0.25, -0.2) is 9.97 Å². The highest BCUT2D eigenvalue weighted by Gasteiger charge is 2.26. The molecule has 0 unspecified atom stereocenters. The summed E-state index contributed by atoms with van der Waals surface area (Å²) < 4.78 is 1.94. The van der Waals surface area contributed by atoms with Crippen molar-refractivity contribution in [1.29, 1.82) is 0 Å². The highest BCUT2D eigenvalue weighted by molar-refractivity contribution is 7.07. The average Bonchev–Trinajstić information content (AvgIpc) is 3.47. The molecule has 3 aromatic heterocycles. The van der Waals surface area contributed by atoms with Crippen LogP contribution >= 0.6 is 11.3 Å². The molecular weight excluding hydrogens is 420 g/mol. The summed E-state index contributed by atoms with van der Waals surface area (Å²) >= 11 is 1.59. The number of fused-ring (bicyclic) bond motifs is 1. The molecular formula is C25H26N4O2S. The molecule has 0 spiro atoms. The molecule has 1 aliphatic rings. The average molecular weight is 447 g/mol. The first-order valence-corrected chi connectivity index (χ1v) is 11.9. The molecule has 1 fully saturated rings. The van der Waals surface area contributed by atoms with Crippen molar-refractivity contribution >= 4 is 28.3 Å². The van der Waals surface area contributed by atoms with Crippen LogP contribution in [-0.4, -0.2) is 37.7 Å². The van der Waals surface area contributed by atoms with Crippen molar-refractivity contribution in [2.75, 3.05) is 0 Å². The molecule has 7 heteroatoms. The van der Waals surface area contributed by atoms with E-state index in [4.69, 9.17) is 0 Å². The third-order valence-corrected chi connectivity index (χ3v) is 6.86. The number of aromatic nitrogens is 3. The maximum absolute atomic E-state index is 13.0. The van der Waals surface area contributed by atoms with E-state index in [1.807, 2.05) is 40.8 Å². The van der Waals surface area contributed by atoms with Crippen LogP contribution in [0.2, 0.25) is 0 Å².